The molecule has 2 heterocycles. The van der Waals surface area contributed by atoms with Gasteiger partial charge in [0.25, 0.3) is 5.56 Å². The van der Waals surface area contributed by atoms with Crippen molar-refractivity contribution in [1.29, 1.82) is 0 Å². The molecule has 0 unspecified atom stereocenters. The molecule has 0 aliphatic heterocycles. The van der Waals surface area contributed by atoms with E-state index >= 15 is 0 Å². The van der Waals surface area contributed by atoms with E-state index in [0.717, 1.165) is 11.1 Å². The van der Waals surface area contributed by atoms with Crippen molar-refractivity contribution >= 4 is 23.1 Å². The van der Waals surface area contributed by atoms with Gasteiger partial charge in [0, 0.05) is 32.0 Å². The molecule has 0 aliphatic rings. The summed E-state index contributed by atoms with van der Waals surface area (Å²) in [4.78, 5) is 33.3. The molecule has 2 aromatic heterocycles. The quantitative estimate of drug-likeness (QED) is 0.544. The van der Waals surface area contributed by atoms with E-state index in [0.29, 0.717) is 18.3 Å². The van der Waals surface area contributed by atoms with Gasteiger partial charge in [-0.2, -0.15) is 0 Å². The van der Waals surface area contributed by atoms with Crippen molar-refractivity contribution in [3.63, 3.8) is 0 Å². The van der Waals surface area contributed by atoms with Crippen LogP contribution in [0.2, 0.25) is 5.15 Å². The van der Waals surface area contributed by atoms with Gasteiger partial charge >= 0.3 is 5.69 Å². The zero-order chi connectivity index (χ0) is 20.8. The van der Waals surface area contributed by atoms with E-state index in [1.807, 2.05) is 36.4 Å². The van der Waals surface area contributed by atoms with Crippen molar-refractivity contribution < 1.29 is 4.74 Å². The lowest BCUT2D eigenvalue weighted by Gasteiger charge is -2.26. The first-order chi connectivity index (χ1) is 14.0. The van der Waals surface area contributed by atoms with Crippen LogP contribution in [0.25, 0.3) is 0 Å². The largest absolute Gasteiger partial charge is 0.383 e. The number of nitrogen functional groups attached to an aromatic ring is 1. The summed E-state index contributed by atoms with van der Waals surface area (Å²) in [6, 6.07) is 13.0. The molecule has 3 N–H and O–H groups in total. The Balaban J connectivity index is 2.05. The maximum absolute atomic E-state index is 12.7. The summed E-state index contributed by atoms with van der Waals surface area (Å²) >= 11 is 6.19. The van der Waals surface area contributed by atoms with Crippen molar-refractivity contribution in [3.05, 3.63) is 85.8 Å². The van der Waals surface area contributed by atoms with Gasteiger partial charge in [-0.3, -0.25) is 14.3 Å². The molecular formula is C20H22ClN5O3. The van der Waals surface area contributed by atoms with Gasteiger partial charge in [-0.15, -0.1) is 0 Å². The highest BCUT2D eigenvalue weighted by molar-refractivity contribution is 6.30. The van der Waals surface area contributed by atoms with Crippen LogP contribution >= 0.6 is 11.6 Å². The minimum atomic E-state index is -0.564. The first-order valence-electron chi connectivity index (χ1n) is 9.01. The van der Waals surface area contributed by atoms with Crippen molar-refractivity contribution in [1.82, 2.24) is 14.5 Å². The van der Waals surface area contributed by atoms with Crippen molar-refractivity contribution in [2.45, 2.75) is 13.1 Å². The molecule has 0 radical (unpaired) electrons. The van der Waals surface area contributed by atoms with Gasteiger partial charge in [0.15, 0.2) is 0 Å². The fourth-order valence-electron chi connectivity index (χ4n) is 3.02. The highest BCUT2D eigenvalue weighted by Crippen LogP contribution is 2.22. The summed E-state index contributed by atoms with van der Waals surface area (Å²) in [5, 5.41) is 0.336. The van der Waals surface area contributed by atoms with E-state index in [2.05, 4.69) is 9.97 Å². The van der Waals surface area contributed by atoms with Gasteiger partial charge in [-0.05, 0) is 11.6 Å². The van der Waals surface area contributed by atoms with Crippen LogP contribution in [-0.4, -0.2) is 34.8 Å². The Hall–Kier alpha value is -3.10. The van der Waals surface area contributed by atoms with E-state index in [-0.39, 0.29) is 24.6 Å². The highest BCUT2D eigenvalue weighted by atomic mass is 35.5. The first kappa shape index (κ1) is 20.6. The maximum atomic E-state index is 12.7. The number of nitrogens with zero attached hydrogens (tertiary/aromatic N) is 3. The molecule has 29 heavy (non-hydrogen) atoms. The molecule has 8 nitrogen and oxygen atoms in total. The minimum absolute atomic E-state index is 0.0821. The molecule has 3 rings (SSSR count). The molecule has 0 saturated heterocycles. The fraction of sp³-hybridized carbons (Fsp3) is 0.250. The van der Waals surface area contributed by atoms with Gasteiger partial charge in [-0.1, -0.05) is 48.0 Å². The monoisotopic (exact) mass is 415 g/mol. The van der Waals surface area contributed by atoms with Crippen LogP contribution in [0.1, 0.15) is 11.1 Å². The van der Waals surface area contributed by atoms with Crippen LogP contribution in [0.3, 0.4) is 0 Å². The van der Waals surface area contributed by atoms with Gasteiger partial charge in [0.05, 0.1) is 13.2 Å². The summed E-state index contributed by atoms with van der Waals surface area (Å²) in [6.07, 6.45) is 1.59. The van der Waals surface area contributed by atoms with Gasteiger partial charge < -0.3 is 15.4 Å². The molecule has 1 aromatic carbocycles. The number of aromatic nitrogens is 3. The molecule has 3 aromatic rings. The van der Waals surface area contributed by atoms with Gasteiger partial charge in [0.2, 0.25) is 0 Å². The normalized spacial score (nSPS) is 10.8. The minimum Gasteiger partial charge on any atom is -0.383 e. The Morgan fingerprint density at radius 3 is 2.66 bits per heavy atom. The number of benzene rings is 1. The Kier molecular flexibility index (Phi) is 6.69. The molecule has 0 atom stereocenters. The summed E-state index contributed by atoms with van der Waals surface area (Å²) in [6.45, 7) is 1.25. The Morgan fingerprint density at radius 2 is 1.97 bits per heavy atom. The van der Waals surface area contributed by atoms with E-state index < -0.39 is 11.2 Å². The SMILES string of the molecule is COCCN(Cc1cccnc1Cl)c1c(N)n(Cc2ccccc2)c(=O)[nH]c1=O. The third-order valence-electron chi connectivity index (χ3n) is 4.48. The maximum Gasteiger partial charge on any atom is 0.330 e. The standard InChI is InChI=1S/C20H22ClN5O3/c1-29-11-10-25(13-15-8-5-9-23-17(15)21)16-18(22)26(20(28)24-19(16)27)12-14-6-3-2-4-7-14/h2-9H,10-13,22H2,1H3,(H,24,27,28). The molecular weight excluding hydrogens is 394 g/mol. The lowest BCUT2D eigenvalue weighted by Crippen LogP contribution is -2.39. The first-order valence-corrected chi connectivity index (χ1v) is 9.39. The molecule has 0 bridgehead atoms. The molecule has 0 fully saturated rings. The van der Waals surface area contributed by atoms with Crippen molar-refractivity contribution in [3.8, 4) is 0 Å². The zero-order valence-corrected chi connectivity index (χ0v) is 16.7. The molecule has 152 valence electrons. The lowest BCUT2D eigenvalue weighted by molar-refractivity contribution is 0.205. The summed E-state index contributed by atoms with van der Waals surface area (Å²) in [7, 11) is 1.57. The second-order valence-corrected chi connectivity index (χ2v) is 6.79. The second-order valence-electron chi connectivity index (χ2n) is 6.43. The van der Waals surface area contributed by atoms with Crippen LogP contribution in [-0.2, 0) is 17.8 Å². The number of aromatic amines is 1. The Morgan fingerprint density at radius 1 is 1.21 bits per heavy atom. The molecule has 9 heteroatoms. The van der Waals surface area contributed by atoms with Crippen LogP contribution < -0.4 is 21.9 Å². The van der Waals surface area contributed by atoms with Crippen LogP contribution in [0, 0.1) is 0 Å². The number of nitrogens with one attached hydrogen (secondary N) is 1. The number of hydrogen-bond donors (Lipinski definition) is 2. The van der Waals surface area contributed by atoms with Gasteiger partial charge in [0.1, 0.15) is 16.7 Å². The van der Waals surface area contributed by atoms with Crippen LogP contribution in [0.5, 0.6) is 0 Å². The molecule has 0 amide bonds. The Bertz CT molecular complexity index is 1080. The number of nitrogens with two attached hydrogens (primary N) is 1. The summed E-state index contributed by atoms with van der Waals surface area (Å²) < 4.78 is 6.52. The van der Waals surface area contributed by atoms with Crippen LogP contribution in [0.4, 0.5) is 11.5 Å². The topological polar surface area (TPSA) is 106 Å². The number of hydrogen-bond acceptors (Lipinski definition) is 6. The van der Waals surface area contributed by atoms with E-state index in [1.165, 1.54) is 4.57 Å². The third-order valence-corrected chi connectivity index (χ3v) is 4.82. The molecule has 0 spiro atoms. The number of H-pyrrole nitrogens is 1. The average molecular weight is 416 g/mol. The molecule has 0 aliphatic carbocycles. The predicted molar refractivity (Wildman–Crippen MR) is 113 cm³/mol. The summed E-state index contributed by atoms with van der Waals surface area (Å²) in [5.41, 5.74) is 6.99. The predicted octanol–water partition coefficient (Wildman–Crippen LogP) is 1.87. The summed E-state index contributed by atoms with van der Waals surface area (Å²) in [5.74, 6) is 0.0821. The lowest BCUT2D eigenvalue weighted by atomic mass is 10.2. The third kappa shape index (κ3) is 4.85. The van der Waals surface area contributed by atoms with E-state index in [4.69, 9.17) is 22.1 Å². The fourth-order valence-corrected chi connectivity index (χ4v) is 3.20. The van der Waals surface area contributed by atoms with Gasteiger partial charge in [-0.25, -0.2) is 9.78 Å². The smallest absolute Gasteiger partial charge is 0.330 e. The van der Waals surface area contributed by atoms with Crippen molar-refractivity contribution in [2.24, 2.45) is 0 Å². The van der Waals surface area contributed by atoms with E-state index in [9.17, 15) is 9.59 Å². The number of ether oxygens (including phenoxy) is 1. The van der Waals surface area contributed by atoms with Crippen molar-refractivity contribution in [2.75, 3.05) is 30.9 Å². The number of pyridine rings is 1. The number of halogens is 1. The van der Waals surface area contributed by atoms with Crippen LogP contribution in [0.15, 0.2) is 58.3 Å². The number of methoxy groups -OCH3 is 1. The Labute approximate surface area is 172 Å². The number of rotatable bonds is 8. The number of anilines is 2. The zero-order valence-electron chi connectivity index (χ0n) is 16.0. The van der Waals surface area contributed by atoms with E-state index in [1.54, 1.807) is 24.3 Å². The average Bonchev–Trinajstić information content (AvgIpc) is 2.71. The molecule has 0 saturated carbocycles. The highest BCUT2D eigenvalue weighted by Gasteiger charge is 2.20. The second kappa shape index (κ2) is 9.40.